The monoisotopic (exact) mass is 317 g/mol. The van der Waals surface area contributed by atoms with Crippen LogP contribution in [0.25, 0.3) is 0 Å². The third-order valence-corrected chi connectivity index (χ3v) is 5.03. The minimum Gasteiger partial charge on any atom is -0.325 e. The van der Waals surface area contributed by atoms with E-state index in [1.807, 2.05) is 18.2 Å². The topological polar surface area (TPSA) is 70.6 Å². The van der Waals surface area contributed by atoms with E-state index >= 15 is 0 Å². The van der Waals surface area contributed by atoms with E-state index in [1.54, 1.807) is 36.7 Å². The lowest BCUT2D eigenvalue weighted by atomic mass is 10.3. The van der Waals surface area contributed by atoms with Crippen LogP contribution in [0, 0.1) is 0 Å². The highest BCUT2D eigenvalue weighted by molar-refractivity contribution is 8.00. The van der Waals surface area contributed by atoms with Gasteiger partial charge in [-0.15, -0.1) is 0 Å². The highest BCUT2D eigenvalue weighted by Crippen LogP contribution is 2.18. The van der Waals surface area contributed by atoms with Gasteiger partial charge in [0.1, 0.15) is 0 Å². The molecule has 0 fully saturated rings. The van der Waals surface area contributed by atoms with E-state index < -0.39 is 10.1 Å². The predicted molar refractivity (Wildman–Crippen MR) is 92.7 cm³/mol. The number of nitrogens with zero attached hydrogens (tertiary/aromatic N) is 1. The van der Waals surface area contributed by atoms with Gasteiger partial charge in [0, 0.05) is 28.8 Å². The average molecular weight is 317 g/mol. The van der Waals surface area contributed by atoms with Crippen LogP contribution in [0.3, 0.4) is 0 Å². The van der Waals surface area contributed by atoms with E-state index in [4.69, 9.17) is 0 Å². The lowest BCUT2D eigenvalue weighted by Crippen LogP contribution is -2.30. The molecular weight excluding hydrogens is 298 g/mol. The Hall–Kier alpha value is -2.47. The lowest BCUT2D eigenvalue weighted by molar-refractivity contribution is -0.111. The number of hydrogen-bond donors (Lipinski definition) is 3. The van der Waals surface area contributed by atoms with Crippen molar-refractivity contribution in [2.75, 3.05) is 18.1 Å². The number of carbonyl (C=O) groups is 1. The molecule has 2 N–H and O–H groups in total. The Kier molecular flexibility index (Phi) is 5.06. The summed E-state index contributed by atoms with van der Waals surface area (Å²) in [5.74, 6) is -0.279. The van der Waals surface area contributed by atoms with Gasteiger partial charge in [0.2, 0.25) is 5.91 Å². The minimum atomic E-state index is -2.75. The van der Waals surface area contributed by atoms with Crippen LogP contribution in [0.15, 0.2) is 70.7 Å². The number of hydrogen-bond acceptors (Lipinski definition) is 3. The average Bonchev–Trinajstić information content (AvgIpc) is 2.76. The summed E-state index contributed by atoms with van der Waals surface area (Å²) in [4.78, 5) is 16.1. The zero-order chi connectivity index (χ0) is 16.0. The molecule has 0 aliphatic carbocycles. The second-order valence-electron chi connectivity index (χ2n) is 4.84. The van der Waals surface area contributed by atoms with Crippen LogP contribution in [-0.2, 0) is 14.9 Å². The number of benzene rings is 1. The van der Waals surface area contributed by atoms with Crippen LogP contribution in [0.1, 0.15) is 0 Å². The molecule has 0 radical (unpaired) electrons. The zero-order valence-corrected chi connectivity index (χ0v) is 13.2. The van der Waals surface area contributed by atoms with Crippen molar-refractivity contribution in [3.05, 3.63) is 60.8 Å². The van der Waals surface area contributed by atoms with E-state index in [9.17, 15) is 9.00 Å². The summed E-state index contributed by atoms with van der Waals surface area (Å²) < 4.78 is 15.9. The Morgan fingerprint density at radius 2 is 2.05 bits per heavy atom. The van der Waals surface area contributed by atoms with Gasteiger partial charge in [-0.05, 0) is 52.6 Å². The van der Waals surface area contributed by atoms with Gasteiger partial charge in [-0.1, -0.05) is 12.7 Å². The van der Waals surface area contributed by atoms with Crippen molar-refractivity contribution in [2.24, 2.45) is 4.99 Å². The molecule has 0 bridgehead atoms. The van der Waals surface area contributed by atoms with Crippen molar-refractivity contribution in [1.82, 2.24) is 4.72 Å². The molecule has 1 heterocycles. The van der Waals surface area contributed by atoms with Crippen LogP contribution in [0.5, 0.6) is 0 Å². The van der Waals surface area contributed by atoms with Gasteiger partial charge in [-0.2, -0.15) is 0 Å². The molecule has 22 heavy (non-hydrogen) atoms. The molecule has 0 aromatic heterocycles. The van der Waals surface area contributed by atoms with Gasteiger partial charge in [0.05, 0.1) is 6.54 Å². The first-order chi connectivity index (χ1) is 10.5. The SMILES string of the molecule is C=CC(=O)Nc1ccc([SH](C)(=O)NC2=CC=CC=NC2)cc1. The van der Waals surface area contributed by atoms with Crippen LogP contribution in [0.4, 0.5) is 5.69 Å². The van der Waals surface area contributed by atoms with E-state index in [0.717, 1.165) is 5.70 Å². The summed E-state index contributed by atoms with van der Waals surface area (Å²) in [5, 5.41) is 2.65. The third-order valence-electron chi connectivity index (χ3n) is 3.03. The quantitative estimate of drug-likeness (QED) is 0.573. The van der Waals surface area contributed by atoms with Gasteiger partial charge in [0.15, 0.2) is 0 Å². The smallest absolute Gasteiger partial charge is 0.247 e. The Bertz CT molecular complexity index is 703. The van der Waals surface area contributed by atoms with E-state index in [0.29, 0.717) is 17.1 Å². The summed E-state index contributed by atoms with van der Waals surface area (Å²) in [5.41, 5.74) is 1.44. The Balaban J connectivity index is 2.12. The second kappa shape index (κ2) is 7.00. The zero-order valence-electron chi connectivity index (χ0n) is 12.3. The maximum Gasteiger partial charge on any atom is 0.247 e. The summed E-state index contributed by atoms with van der Waals surface area (Å²) in [6.45, 7) is 3.87. The van der Waals surface area contributed by atoms with Crippen molar-refractivity contribution in [2.45, 2.75) is 4.90 Å². The summed E-state index contributed by atoms with van der Waals surface area (Å²) >= 11 is 0. The highest BCUT2D eigenvalue weighted by Gasteiger charge is 2.13. The third kappa shape index (κ3) is 4.26. The Morgan fingerprint density at radius 1 is 1.32 bits per heavy atom. The maximum atomic E-state index is 12.9. The van der Waals surface area contributed by atoms with E-state index in [1.165, 1.54) is 6.08 Å². The van der Waals surface area contributed by atoms with E-state index in [-0.39, 0.29) is 5.91 Å². The molecule has 116 valence electrons. The standard InChI is InChI=1S/C16H19N3O2S/c1-3-16(20)18-13-7-9-15(10-8-13)22(2,21)19-14-6-4-5-11-17-12-14/h3-11,22H,1,12H2,2H3,(H,18,20)(H,19,21). The van der Waals surface area contributed by atoms with Crippen LogP contribution >= 0.6 is 0 Å². The minimum absolute atomic E-state index is 0.279. The van der Waals surface area contributed by atoms with Crippen molar-refractivity contribution >= 4 is 27.9 Å². The first-order valence-corrected chi connectivity index (χ1v) is 8.92. The van der Waals surface area contributed by atoms with Gasteiger partial charge in [0.25, 0.3) is 0 Å². The molecule has 1 aliphatic heterocycles. The number of carbonyl (C=O) groups excluding carboxylic acids is 1. The summed E-state index contributed by atoms with van der Waals surface area (Å²) in [7, 11) is -2.75. The molecule has 0 saturated heterocycles. The van der Waals surface area contributed by atoms with E-state index in [2.05, 4.69) is 21.6 Å². The number of aliphatic imine (C=N–C) groups is 1. The molecule has 1 aromatic rings. The fourth-order valence-electron chi connectivity index (χ4n) is 1.92. The van der Waals surface area contributed by atoms with Gasteiger partial charge >= 0.3 is 0 Å². The van der Waals surface area contributed by atoms with Gasteiger partial charge in [-0.25, -0.2) is 0 Å². The van der Waals surface area contributed by atoms with Crippen LogP contribution in [-0.4, -0.2) is 29.1 Å². The number of rotatable bonds is 5. The largest absolute Gasteiger partial charge is 0.325 e. The molecule has 1 amide bonds. The highest BCUT2D eigenvalue weighted by atomic mass is 32.3. The van der Waals surface area contributed by atoms with Crippen molar-refractivity contribution in [1.29, 1.82) is 0 Å². The molecule has 6 heteroatoms. The number of allylic oxidation sites excluding steroid dienone is 3. The fraction of sp³-hybridized carbons (Fsp3) is 0.125. The summed E-state index contributed by atoms with van der Waals surface area (Å²) in [6.07, 6.45) is 10.1. The number of thiol groups is 1. The summed E-state index contributed by atoms with van der Waals surface area (Å²) in [6, 6.07) is 6.91. The number of nitrogens with one attached hydrogen (secondary N) is 2. The normalized spacial score (nSPS) is 14.7. The molecule has 2 rings (SSSR count). The number of anilines is 1. The fourth-order valence-corrected chi connectivity index (χ4v) is 3.46. The van der Waals surface area contributed by atoms with Crippen molar-refractivity contribution in [3.63, 3.8) is 0 Å². The lowest BCUT2D eigenvalue weighted by Gasteiger charge is -2.23. The molecule has 1 aliphatic rings. The van der Waals surface area contributed by atoms with Crippen LogP contribution < -0.4 is 10.0 Å². The Labute approximate surface area is 131 Å². The molecule has 0 unspecified atom stereocenters. The maximum absolute atomic E-state index is 12.9. The first-order valence-electron chi connectivity index (χ1n) is 6.77. The molecular formula is C16H19N3O2S. The van der Waals surface area contributed by atoms with Crippen LogP contribution in [0.2, 0.25) is 0 Å². The van der Waals surface area contributed by atoms with Gasteiger partial charge in [-0.3, -0.25) is 14.0 Å². The molecule has 0 saturated carbocycles. The Morgan fingerprint density at radius 3 is 2.73 bits per heavy atom. The molecule has 5 nitrogen and oxygen atoms in total. The number of amides is 1. The second-order valence-corrected chi connectivity index (χ2v) is 7.43. The van der Waals surface area contributed by atoms with Crippen molar-refractivity contribution < 1.29 is 9.00 Å². The predicted octanol–water partition coefficient (Wildman–Crippen LogP) is 1.85. The van der Waals surface area contributed by atoms with Crippen molar-refractivity contribution in [3.8, 4) is 0 Å². The molecule has 1 aromatic carbocycles. The molecule has 0 spiro atoms. The first kappa shape index (κ1) is 15.9. The van der Waals surface area contributed by atoms with Gasteiger partial charge < -0.3 is 10.0 Å². The molecule has 0 atom stereocenters.